The summed E-state index contributed by atoms with van der Waals surface area (Å²) >= 11 is 0. The van der Waals surface area contributed by atoms with Crippen LogP contribution in [0.2, 0.25) is 0 Å². The fourth-order valence-corrected chi connectivity index (χ4v) is 4.87. The number of hydrogen-bond acceptors (Lipinski definition) is 4. The molecule has 3 rings (SSSR count). The highest BCUT2D eigenvalue weighted by molar-refractivity contribution is 7.89. The van der Waals surface area contributed by atoms with Gasteiger partial charge in [0.2, 0.25) is 15.9 Å². The fourth-order valence-electron chi connectivity index (χ4n) is 3.40. The lowest BCUT2D eigenvalue weighted by Crippen LogP contribution is -2.46. The van der Waals surface area contributed by atoms with Crippen LogP contribution in [0.5, 0.6) is 0 Å². The first kappa shape index (κ1) is 22.3. The van der Waals surface area contributed by atoms with Gasteiger partial charge in [-0.15, -0.1) is 0 Å². The Morgan fingerprint density at radius 2 is 1.57 bits per heavy atom. The first-order chi connectivity index (χ1) is 14.3. The van der Waals surface area contributed by atoms with Crippen molar-refractivity contribution in [3.63, 3.8) is 0 Å². The number of benzene rings is 2. The van der Waals surface area contributed by atoms with Gasteiger partial charge in [-0.25, -0.2) is 17.2 Å². The summed E-state index contributed by atoms with van der Waals surface area (Å²) in [6.45, 7) is 3.65. The molecule has 1 saturated heterocycles. The molecule has 6 nitrogen and oxygen atoms in total. The predicted octanol–water partition coefficient (Wildman–Crippen LogP) is 2.37. The number of amides is 1. The molecule has 0 spiro atoms. The summed E-state index contributed by atoms with van der Waals surface area (Å²) in [6.07, 6.45) is 0.579. The number of halogens is 2. The highest BCUT2D eigenvalue weighted by Crippen LogP contribution is 2.19. The molecular formula is C21H25F2N3O3S. The van der Waals surface area contributed by atoms with Crippen molar-refractivity contribution in [3.05, 3.63) is 65.7 Å². The molecule has 0 aromatic heterocycles. The minimum Gasteiger partial charge on any atom is -0.351 e. The maximum Gasteiger partial charge on any atom is 0.243 e. The number of hydrogen-bond donors (Lipinski definition) is 1. The third kappa shape index (κ3) is 5.41. The Hall–Kier alpha value is -2.36. The topological polar surface area (TPSA) is 69.7 Å². The molecule has 1 aliphatic rings. The van der Waals surface area contributed by atoms with Crippen LogP contribution in [0.3, 0.4) is 0 Å². The Balaban J connectivity index is 1.57. The maximum atomic E-state index is 13.1. The van der Waals surface area contributed by atoms with Crippen LogP contribution in [0.4, 0.5) is 8.78 Å². The minimum atomic E-state index is -3.71. The molecule has 0 saturated carbocycles. The highest BCUT2D eigenvalue weighted by Gasteiger charge is 2.29. The summed E-state index contributed by atoms with van der Waals surface area (Å²) < 4.78 is 53.1. The van der Waals surface area contributed by atoms with E-state index in [1.165, 1.54) is 28.6 Å². The number of nitrogens with one attached hydrogen (secondary N) is 1. The van der Waals surface area contributed by atoms with Crippen LogP contribution in [-0.2, 0) is 21.4 Å². The summed E-state index contributed by atoms with van der Waals surface area (Å²) in [6, 6.07) is 10.3. The molecule has 2 aromatic carbocycles. The average Bonchev–Trinajstić information content (AvgIpc) is 3.00. The van der Waals surface area contributed by atoms with Crippen LogP contribution in [-0.4, -0.2) is 55.8 Å². The Morgan fingerprint density at radius 3 is 2.20 bits per heavy atom. The van der Waals surface area contributed by atoms with Gasteiger partial charge in [-0.2, -0.15) is 4.31 Å². The minimum absolute atomic E-state index is 0.0578. The summed E-state index contributed by atoms with van der Waals surface area (Å²) in [5, 5.41) is 2.84. The van der Waals surface area contributed by atoms with Gasteiger partial charge in [-0.3, -0.25) is 9.69 Å². The van der Waals surface area contributed by atoms with Crippen LogP contribution in [0.25, 0.3) is 0 Å². The average molecular weight is 438 g/mol. The molecule has 1 heterocycles. The van der Waals surface area contributed by atoms with Crippen molar-refractivity contribution in [1.29, 1.82) is 0 Å². The Bertz CT molecular complexity index is 966. The molecule has 1 N–H and O–H groups in total. The van der Waals surface area contributed by atoms with Gasteiger partial charge in [0.1, 0.15) is 11.6 Å². The number of carbonyl (C=O) groups is 1. The van der Waals surface area contributed by atoms with Crippen molar-refractivity contribution in [3.8, 4) is 0 Å². The first-order valence-electron chi connectivity index (χ1n) is 9.79. The summed E-state index contributed by atoms with van der Waals surface area (Å²) in [4.78, 5) is 14.5. The number of nitrogens with zero attached hydrogens (tertiary/aromatic N) is 2. The molecule has 0 bridgehead atoms. The van der Waals surface area contributed by atoms with Gasteiger partial charge in [0.15, 0.2) is 0 Å². The van der Waals surface area contributed by atoms with Gasteiger partial charge in [-0.1, -0.05) is 12.1 Å². The zero-order valence-corrected chi connectivity index (χ0v) is 17.5. The maximum absolute atomic E-state index is 13.1. The highest BCUT2D eigenvalue weighted by atomic mass is 32.2. The molecule has 162 valence electrons. The Morgan fingerprint density at radius 1 is 0.967 bits per heavy atom. The number of carbonyl (C=O) groups excluding carboxylic acids is 1. The third-order valence-corrected chi connectivity index (χ3v) is 7.16. The molecule has 1 atom stereocenters. The number of sulfonamides is 1. The van der Waals surface area contributed by atoms with E-state index < -0.39 is 21.9 Å². The first-order valence-corrected chi connectivity index (χ1v) is 11.2. The van der Waals surface area contributed by atoms with Gasteiger partial charge in [0.25, 0.3) is 0 Å². The van der Waals surface area contributed by atoms with Gasteiger partial charge in [-0.05, 0) is 55.3 Å². The van der Waals surface area contributed by atoms with Gasteiger partial charge in [0, 0.05) is 32.7 Å². The zero-order chi connectivity index (χ0) is 21.7. The molecule has 0 radical (unpaired) electrons. The molecule has 9 heteroatoms. The lowest BCUT2D eigenvalue weighted by molar-refractivity contribution is -0.126. The van der Waals surface area contributed by atoms with Gasteiger partial charge >= 0.3 is 0 Å². The monoisotopic (exact) mass is 437 g/mol. The van der Waals surface area contributed by atoms with E-state index >= 15 is 0 Å². The lowest BCUT2D eigenvalue weighted by Gasteiger charge is -2.27. The van der Waals surface area contributed by atoms with E-state index in [1.807, 2.05) is 4.90 Å². The molecule has 1 aliphatic heterocycles. The molecule has 2 aromatic rings. The van der Waals surface area contributed by atoms with Crippen molar-refractivity contribution in [1.82, 2.24) is 14.5 Å². The quantitative estimate of drug-likeness (QED) is 0.753. The predicted molar refractivity (Wildman–Crippen MR) is 109 cm³/mol. The van der Waals surface area contributed by atoms with Crippen LogP contribution >= 0.6 is 0 Å². The van der Waals surface area contributed by atoms with Gasteiger partial charge in [0.05, 0.1) is 10.9 Å². The second-order valence-corrected chi connectivity index (χ2v) is 9.21. The van der Waals surface area contributed by atoms with Crippen LogP contribution in [0, 0.1) is 11.6 Å². The standard InChI is InChI=1S/C21H25F2N3O3S/c1-16(21(27)24-15-17-3-5-18(22)6-4-17)25-11-2-12-26(14-13-25)30(28,29)20-9-7-19(23)8-10-20/h3-10,16H,2,11-15H2,1H3,(H,24,27). The lowest BCUT2D eigenvalue weighted by atomic mass is 10.2. The zero-order valence-electron chi connectivity index (χ0n) is 16.7. The fraction of sp³-hybridized carbons (Fsp3) is 0.381. The van der Waals surface area contributed by atoms with Crippen molar-refractivity contribution in [2.24, 2.45) is 0 Å². The van der Waals surface area contributed by atoms with E-state index in [2.05, 4.69) is 5.32 Å². The Kier molecular flexibility index (Phi) is 7.17. The van der Waals surface area contributed by atoms with E-state index in [0.29, 0.717) is 32.6 Å². The second kappa shape index (κ2) is 9.63. The second-order valence-electron chi connectivity index (χ2n) is 7.27. The molecular weight excluding hydrogens is 412 g/mol. The van der Waals surface area contributed by atoms with Crippen LogP contribution in [0.1, 0.15) is 18.9 Å². The molecule has 1 fully saturated rings. The molecule has 1 unspecified atom stereocenters. The SMILES string of the molecule is CC(C(=O)NCc1ccc(F)cc1)N1CCCN(S(=O)(=O)c2ccc(F)cc2)CC1. The van der Waals surface area contributed by atoms with Crippen molar-refractivity contribution < 1.29 is 22.0 Å². The summed E-state index contributed by atoms with van der Waals surface area (Å²) in [5.41, 5.74) is 0.796. The summed E-state index contributed by atoms with van der Waals surface area (Å²) in [7, 11) is -3.71. The van der Waals surface area contributed by atoms with Crippen LogP contribution in [0.15, 0.2) is 53.4 Å². The van der Waals surface area contributed by atoms with Crippen molar-refractivity contribution >= 4 is 15.9 Å². The smallest absolute Gasteiger partial charge is 0.243 e. The van der Waals surface area contributed by atoms with E-state index in [4.69, 9.17) is 0 Å². The van der Waals surface area contributed by atoms with Crippen LogP contribution < -0.4 is 5.32 Å². The van der Waals surface area contributed by atoms with Crippen molar-refractivity contribution in [2.45, 2.75) is 30.8 Å². The third-order valence-electron chi connectivity index (χ3n) is 5.25. The summed E-state index contributed by atoms with van der Waals surface area (Å²) in [5.74, 6) is -0.992. The van der Waals surface area contributed by atoms with E-state index in [-0.39, 0.29) is 23.2 Å². The van der Waals surface area contributed by atoms with Crippen molar-refractivity contribution in [2.75, 3.05) is 26.2 Å². The molecule has 30 heavy (non-hydrogen) atoms. The Labute approximate surface area is 175 Å². The number of rotatable bonds is 6. The molecule has 0 aliphatic carbocycles. The largest absolute Gasteiger partial charge is 0.351 e. The van der Waals surface area contributed by atoms with Gasteiger partial charge < -0.3 is 5.32 Å². The van der Waals surface area contributed by atoms with E-state index in [0.717, 1.165) is 17.7 Å². The van der Waals surface area contributed by atoms with E-state index in [9.17, 15) is 22.0 Å². The molecule has 1 amide bonds. The van der Waals surface area contributed by atoms with E-state index in [1.54, 1.807) is 19.1 Å². The normalized spacial score (nSPS) is 17.3.